The first kappa shape index (κ1) is 9.85. The average molecular weight is 239 g/mol. The minimum absolute atomic E-state index is 0.519. The van der Waals surface area contributed by atoms with Crippen molar-refractivity contribution in [3.63, 3.8) is 0 Å². The molecule has 0 bridgehead atoms. The molecule has 3 heterocycles. The van der Waals surface area contributed by atoms with E-state index in [0.29, 0.717) is 5.82 Å². The second-order valence-electron chi connectivity index (χ2n) is 4.57. The molecule has 18 heavy (non-hydrogen) atoms. The van der Waals surface area contributed by atoms with Crippen LogP contribution >= 0.6 is 0 Å². The molecule has 0 unspecified atom stereocenters. The summed E-state index contributed by atoms with van der Waals surface area (Å²) in [6.07, 6.45) is 0. The van der Waals surface area contributed by atoms with Crippen molar-refractivity contribution >= 4 is 27.8 Å². The number of nitrogens with zero attached hydrogens (tertiary/aromatic N) is 3. The van der Waals surface area contributed by atoms with Gasteiger partial charge in [0.05, 0.1) is 17.6 Å². The Labute approximate surface area is 104 Å². The Kier molecular flexibility index (Phi) is 1.87. The van der Waals surface area contributed by atoms with Gasteiger partial charge in [-0.25, -0.2) is 9.97 Å². The van der Waals surface area contributed by atoms with Gasteiger partial charge in [-0.05, 0) is 6.07 Å². The van der Waals surface area contributed by atoms with E-state index in [0.717, 1.165) is 47.4 Å². The fraction of sp³-hybridized carbons (Fsp3) is 0.231. The molecule has 0 amide bonds. The monoisotopic (exact) mass is 239 g/mol. The molecule has 3 aromatic rings. The normalized spacial score (nSPS) is 15.1. The zero-order valence-corrected chi connectivity index (χ0v) is 9.85. The van der Waals surface area contributed by atoms with E-state index in [2.05, 4.69) is 25.9 Å². The molecule has 0 saturated heterocycles. The molecule has 5 heteroatoms. The largest absolute Gasteiger partial charge is 0.382 e. The van der Waals surface area contributed by atoms with Gasteiger partial charge >= 0.3 is 0 Å². The summed E-state index contributed by atoms with van der Waals surface area (Å²) < 4.78 is 2.26. The van der Waals surface area contributed by atoms with Gasteiger partial charge in [0.1, 0.15) is 11.3 Å². The topological polar surface area (TPSA) is 68.8 Å². The van der Waals surface area contributed by atoms with Crippen molar-refractivity contribution < 1.29 is 0 Å². The van der Waals surface area contributed by atoms with E-state index >= 15 is 0 Å². The van der Waals surface area contributed by atoms with Crippen molar-refractivity contribution in [3.8, 4) is 0 Å². The zero-order chi connectivity index (χ0) is 12.1. The van der Waals surface area contributed by atoms with E-state index in [1.54, 1.807) is 0 Å². The van der Waals surface area contributed by atoms with Crippen molar-refractivity contribution in [1.82, 2.24) is 19.9 Å². The minimum Gasteiger partial charge on any atom is -0.382 e. The fourth-order valence-electron chi connectivity index (χ4n) is 2.67. The van der Waals surface area contributed by atoms with E-state index in [4.69, 9.17) is 5.73 Å². The Balaban J connectivity index is 2.24. The lowest BCUT2D eigenvalue weighted by Gasteiger charge is -2.16. The van der Waals surface area contributed by atoms with Crippen LogP contribution in [0.5, 0.6) is 0 Å². The summed E-state index contributed by atoms with van der Waals surface area (Å²) in [6, 6.07) is 8.09. The number of hydrogen-bond acceptors (Lipinski definition) is 4. The number of nitrogen functional groups attached to an aromatic ring is 1. The predicted octanol–water partition coefficient (Wildman–Crippen LogP) is 1.27. The second kappa shape index (κ2) is 3.43. The van der Waals surface area contributed by atoms with Gasteiger partial charge in [-0.1, -0.05) is 18.2 Å². The van der Waals surface area contributed by atoms with Crippen LogP contribution in [0.2, 0.25) is 0 Å². The van der Waals surface area contributed by atoms with Gasteiger partial charge in [0.2, 0.25) is 0 Å². The number of imidazole rings is 1. The van der Waals surface area contributed by atoms with Crippen LogP contribution in [0.3, 0.4) is 0 Å². The van der Waals surface area contributed by atoms with Crippen LogP contribution < -0.4 is 11.1 Å². The molecule has 1 aromatic carbocycles. The maximum Gasteiger partial charge on any atom is 0.152 e. The van der Waals surface area contributed by atoms with E-state index in [-0.39, 0.29) is 0 Å². The van der Waals surface area contributed by atoms with Crippen LogP contribution in [0, 0.1) is 0 Å². The van der Waals surface area contributed by atoms with E-state index < -0.39 is 0 Å². The molecule has 0 saturated carbocycles. The quantitative estimate of drug-likeness (QED) is 0.620. The molecule has 1 aliphatic rings. The molecule has 0 spiro atoms. The van der Waals surface area contributed by atoms with Gasteiger partial charge in [0, 0.05) is 18.5 Å². The van der Waals surface area contributed by atoms with Crippen LogP contribution in [0.15, 0.2) is 24.3 Å². The molecule has 4 rings (SSSR count). The standard InChI is InChI=1S/C13H13N5/c14-13-11-12(8-3-1-2-4-9(8)16-13)18-6-5-15-7-10(18)17-11/h1-4,15H,5-7H2,(H2,14,16). The molecule has 90 valence electrons. The Morgan fingerprint density at radius 1 is 1.22 bits per heavy atom. The number of pyridine rings is 1. The lowest BCUT2D eigenvalue weighted by Crippen LogP contribution is -2.28. The Bertz CT molecular complexity index is 759. The first-order chi connectivity index (χ1) is 8.84. The third-order valence-corrected chi connectivity index (χ3v) is 3.48. The number of hydrogen-bond donors (Lipinski definition) is 2. The van der Waals surface area contributed by atoms with Crippen LogP contribution in [-0.2, 0) is 13.1 Å². The number of para-hydroxylation sites is 1. The lowest BCUT2D eigenvalue weighted by molar-refractivity contribution is 0.515. The lowest BCUT2D eigenvalue weighted by atomic mass is 10.2. The summed E-state index contributed by atoms with van der Waals surface area (Å²) in [5.74, 6) is 1.56. The molecule has 2 aromatic heterocycles. The number of anilines is 1. The van der Waals surface area contributed by atoms with Crippen molar-refractivity contribution in [1.29, 1.82) is 0 Å². The first-order valence-electron chi connectivity index (χ1n) is 6.08. The van der Waals surface area contributed by atoms with Gasteiger partial charge in [-0.2, -0.15) is 0 Å². The van der Waals surface area contributed by atoms with Gasteiger partial charge in [-0.3, -0.25) is 0 Å². The molecule has 0 aliphatic carbocycles. The van der Waals surface area contributed by atoms with Crippen LogP contribution in [0.4, 0.5) is 5.82 Å². The molecule has 0 atom stereocenters. The number of nitrogens with one attached hydrogen (secondary N) is 1. The van der Waals surface area contributed by atoms with Crippen LogP contribution in [0.1, 0.15) is 5.82 Å². The average Bonchev–Trinajstić information content (AvgIpc) is 2.79. The van der Waals surface area contributed by atoms with Gasteiger partial charge in [0.25, 0.3) is 0 Å². The Hall–Kier alpha value is -2.14. The maximum atomic E-state index is 6.03. The first-order valence-corrected chi connectivity index (χ1v) is 6.08. The fourth-order valence-corrected chi connectivity index (χ4v) is 2.67. The molecular formula is C13H13N5. The van der Waals surface area contributed by atoms with Gasteiger partial charge < -0.3 is 15.6 Å². The van der Waals surface area contributed by atoms with Crippen molar-refractivity contribution in [2.45, 2.75) is 13.1 Å². The third kappa shape index (κ3) is 1.19. The van der Waals surface area contributed by atoms with E-state index in [1.807, 2.05) is 18.2 Å². The summed E-state index contributed by atoms with van der Waals surface area (Å²) in [4.78, 5) is 9.04. The molecule has 3 N–H and O–H groups in total. The second-order valence-corrected chi connectivity index (χ2v) is 4.57. The SMILES string of the molecule is Nc1nc2ccccc2c2c1nc1n2CCNC1. The summed E-state index contributed by atoms with van der Waals surface area (Å²) >= 11 is 0. The molecule has 5 nitrogen and oxygen atoms in total. The number of rotatable bonds is 0. The van der Waals surface area contributed by atoms with E-state index in [1.165, 1.54) is 0 Å². The van der Waals surface area contributed by atoms with Crippen molar-refractivity contribution in [2.24, 2.45) is 0 Å². The van der Waals surface area contributed by atoms with Crippen molar-refractivity contribution in [2.75, 3.05) is 12.3 Å². The number of benzene rings is 1. The molecule has 0 fully saturated rings. The van der Waals surface area contributed by atoms with Crippen molar-refractivity contribution in [3.05, 3.63) is 30.1 Å². The molecular weight excluding hydrogens is 226 g/mol. The smallest absolute Gasteiger partial charge is 0.152 e. The Morgan fingerprint density at radius 2 is 2.11 bits per heavy atom. The van der Waals surface area contributed by atoms with E-state index in [9.17, 15) is 0 Å². The third-order valence-electron chi connectivity index (χ3n) is 3.48. The van der Waals surface area contributed by atoms with Crippen LogP contribution in [-0.4, -0.2) is 21.1 Å². The summed E-state index contributed by atoms with van der Waals surface area (Å²) in [5, 5.41) is 4.45. The van der Waals surface area contributed by atoms with Gasteiger partial charge in [0.15, 0.2) is 5.82 Å². The summed E-state index contributed by atoms with van der Waals surface area (Å²) in [5.41, 5.74) is 8.91. The number of fused-ring (bicyclic) bond motifs is 5. The predicted molar refractivity (Wildman–Crippen MR) is 71.2 cm³/mol. The highest BCUT2D eigenvalue weighted by Crippen LogP contribution is 2.29. The molecule has 1 aliphatic heterocycles. The summed E-state index contributed by atoms with van der Waals surface area (Å²) in [6.45, 7) is 2.69. The summed E-state index contributed by atoms with van der Waals surface area (Å²) in [7, 11) is 0. The highest BCUT2D eigenvalue weighted by atomic mass is 15.2. The molecule has 0 radical (unpaired) electrons. The van der Waals surface area contributed by atoms with Gasteiger partial charge in [-0.15, -0.1) is 0 Å². The highest BCUT2D eigenvalue weighted by molar-refractivity contribution is 6.06. The zero-order valence-electron chi connectivity index (χ0n) is 9.85. The minimum atomic E-state index is 0.519. The number of nitrogens with two attached hydrogens (primary N) is 1. The number of aromatic nitrogens is 3. The van der Waals surface area contributed by atoms with Crippen LogP contribution in [0.25, 0.3) is 21.9 Å². The maximum absolute atomic E-state index is 6.03. The highest BCUT2D eigenvalue weighted by Gasteiger charge is 2.18. The Morgan fingerprint density at radius 3 is 3.06 bits per heavy atom.